The van der Waals surface area contributed by atoms with Crippen LogP contribution in [0.25, 0.3) is 5.57 Å². The van der Waals surface area contributed by atoms with E-state index in [1.54, 1.807) is 18.2 Å². The summed E-state index contributed by atoms with van der Waals surface area (Å²) in [6, 6.07) is 16.7. The molecule has 2 aliphatic heterocycles. The summed E-state index contributed by atoms with van der Waals surface area (Å²) >= 11 is 1.43. The van der Waals surface area contributed by atoms with Crippen molar-refractivity contribution in [3.05, 3.63) is 76.1 Å². The van der Waals surface area contributed by atoms with Gasteiger partial charge in [-0.3, -0.25) is 9.59 Å². The Morgan fingerprint density at radius 1 is 1.00 bits per heavy atom. The Kier molecular flexibility index (Phi) is 5.41. The van der Waals surface area contributed by atoms with E-state index < -0.39 is 0 Å². The number of imide groups is 1. The Bertz CT molecular complexity index is 1200. The lowest BCUT2D eigenvalue weighted by Gasteiger charge is -2.16. The van der Waals surface area contributed by atoms with Crippen molar-refractivity contribution < 1.29 is 19.1 Å². The van der Waals surface area contributed by atoms with Gasteiger partial charge in [0.05, 0.1) is 11.3 Å². The molecule has 162 valence electrons. The number of hydrogen-bond donors (Lipinski definition) is 1. The average molecular weight is 447 g/mol. The number of nitrogens with one attached hydrogen (secondary N) is 1. The van der Waals surface area contributed by atoms with Crippen LogP contribution >= 0.6 is 11.3 Å². The lowest BCUT2D eigenvalue weighted by Crippen LogP contribution is -2.32. The number of anilines is 2. The zero-order valence-electron chi connectivity index (χ0n) is 17.6. The molecule has 7 heteroatoms. The van der Waals surface area contributed by atoms with Gasteiger partial charge in [0.2, 0.25) is 6.79 Å². The van der Waals surface area contributed by atoms with Gasteiger partial charge in [0, 0.05) is 16.6 Å². The van der Waals surface area contributed by atoms with Crippen LogP contribution in [0.2, 0.25) is 0 Å². The summed E-state index contributed by atoms with van der Waals surface area (Å²) in [6.45, 7) is 2.32. The number of aryl methyl sites for hydroxylation is 1. The fraction of sp³-hybridized carbons (Fsp3) is 0.200. The van der Waals surface area contributed by atoms with Gasteiger partial charge in [0.15, 0.2) is 11.5 Å². The van der Waals surface area contributed by atoms with Gasteiger partial charge < -0.3 is 14.8 Å². The first-order valence-electron chi connectivity index (χ1n) is 10.6. The summed E-state index contributed by atoms with van der Waals surface area (Å²) in [5, 5.41) is 5.06. The third kappa shape index (κ3) is 3.65. The van der Waals surface area contributed by atoms with Crippen LogP contribution in [0.3, 0.4) is 0 Å². The molecule has 2 aliphatic rings. The van der Waals surface area contributed by atoms with Crippen molar-refractivity contribution in [3.8, 4) is 11.5 Å². The molecule has 0 radical (unpaired) electrons. The van der Waals surface area contributed by atoms with Crippen LogP contribution in [-0.2, 0) is 16.0 Å². The van der Waals surface area contributed by atoms with E-state index in [2.05, 4.69) is 12.2 Å². The van der Waals surface area contributed by atoms with Crippen molar-refractivity contribution in [1.29, 1.82) is 0 Å². The lowest BCUT2D eigenvalue weighted by atomic mass is 10.1. The zero-order chi connectivity index (χ0) is 22.1. The normalized spacial score (nSPS) is 15.1. The maximum atomic E-state index is 13.5. The molecule has 0 saturated carbocycles. The number of hydrogen-bond acceptors (Lipinski definition) is 6. The molecule has 6 nitrogen and oxygen atoms in total. The van der Waals surface area contributed by atoms with Crippen molar-refractivity contribution in [1.82, 2.24) is 0 Å². The topological polar surface area (TPSA) is 67.9 Å². The van der Waals surface area contributed by atoms with Crippen LogP contribution < -0.4 is 19.7 Å². The van der Waals surface area contributed by atoms with Gasteiger partial charge >= 0.3 is 0 Å². The van der Waals surface area contributed by atoms with Crippen LogP contribution in [0.15, 0.2) is 65.7 Å². The third-order valence-electron chi connectivity index (χ3n) is 5.51. The first-order valence-corrected chi connectivity index (χ1v) is 11.5. The largest absolute Gasteiger partial charge is 0.454 e. The fourth-order valence-electron chi connectivity index (χ4n) is 3.84. The zero-order valence-corrected chi connectivity index (χ0v) is 18.4. The van der Waals surface area contributed by atoms with Gasteiger partial charge in [-0.15, -0.1) is 11.3 Å². The number of benzene rings is 2. The van der Waals surface area contributed by atoms with Gasteiger partial charge in [-0.1, -0.05) is 31.5 Å². The van der Waals surface area contributed by atoms with Crippen LogP contribution in [0, 0.1) is 0 Å². The molecule has 0 fully saturated rings. The second kappa shape index (κ2) is 8.51. The molecule has 0 spiro atoms. The Labute approximate surface area is 190 Å². The number of unbranched alkanes of at least 4 members (excludes halogenated alkanes) is 1. The Morgan fingerprint density at radius 2 is 1.81 bits per heavy atom. The maximum Gasteiger partial charge on any atom is 0.282 e. The Balaban J connectivity index is 1.48. The van der Waals surface area contributed by atoms with E-state index in [-0.39, 0.29) is 24.3 Å². The van der Waals surface area contributed by atoms with Crippen molar-refractivity contribution in [2.75, 3.05) is 17.0 Å². The van der Waals surface area contributed by atoms with E-state index >= 15 is 0 Å². The van der Waals surface area contributed by atoms with E-state index in [9.17, 15) is 9.59 Å². The summed E-state index contributed by atoms with van der Waals surface area (Å²) in [4.78, 5) is 28.9. The predicted molar refractivity (Wildman–Crippen MR) is 125 cm³/mol. The number of carbonyl (C=O) groups excluding carboxylic acids is 2. The summed E-state index contributed by atoms with van der Waals surface area (Å²) in [5.41, 5.74) is 3.04. The molecule has 0 unspecified atom stereocenters. The van der Waals surface area contributed by atoms with Gasteiger partial charge in [-0.05, 0) is 54.1 Å². The minimum atomic E-state index is -0.377. The van der Waals surface area contributed by atoms with Crippen molar-refractivity contribution in [2.24, 2.45) is 0 Å². The number of ether oxygens (including phenoxy) is 2. The van der Waals surface area contributed by atoms with Crippen LogP contribution in [0.4, 0.5) is 11.4 Å². The van der Waals surface area contributed by atoms with Gasteiger partial charge in [-0.2, -0.15) is 0 Å². The summed E-state index contributed by atoms with van der Waals surface area (Å²) in [7, 11) is 0. The van der Waals surface area contributed by atoms with Crippen molar-refractivity contribution in [3.63, 3.8) is 0 Å². The quantitative estimate of drug-likeness (QED) is 0.504. The first kappa shape index (κ1) is 20.3. The van der Waals surface area contributed by atoms with Crippen molar-refractivity contribution in [2.45, 2.75) is 26.2 Å². The van der Waals surface area contributed by atoms with Gasteiger partial charge in [0.25, 0.3) is 11.8 Å². The van der Waals surface area contributed by atoms with E-state index in [0.717, 1.165) is 24.1 Å². The molecule has 2 aromatic carbocycles. The van der Waals surface area contributed by atoms with E-state index in [4.69, 9.17) is 9.47 Å². The van der Waals surface area contributed by atoms with E-state index in [1.807, 2.05) is 41.8 Å². The molecule has 1 N–H and O–H groups in total. The number of rotatable bonds is 7. The van der Waals surface area contributed by atoms with E-state index in [1.165, 1.54) is 21.8 Å². The molecule has 1 aromatic heterocycles. The fourth-order valence-corrected chi connectivity index (χ4v) is 4.61. The molecule has 3 aromatic rings. The number of thiophene rings is 1. The van der Waals surface area contributed by atoms with Gasteiger partial charge in [-0.25, -0.2) is 4.90 Å². The standard InChI is InChI=1S/C25H22N2O4S/c1-2-3-5-16-7-10-18(11-8-16)27-24(28)22(21-6-4-13-32-21)23(25(27)29)26-17-9-12-19-20(14-17)31-15-30-19/h4,6-14,26H,2-3,5,15H2,1H3. The predicted octanol–water partition coefficient (Wildman–Crippen LogP) is 5.22. The SMILES string of the molecule is CCCCc1ccc(N2C(=O)C(Nc3ccc4c(c3)OCO4)=C(c3cccs3)C2=O)cc1. The molecule has 32 heavy (non-hydrogen) atoms. The number of nitrogens with zero attached hydrogens (tertiary/aromatic N) is 1. The smallest absolute Gasteiger partial charge is 0.282 e. The van der Waals surface area contributed by atoms with Crippen LogP contribution in [0.5, 0.6) is 11.5 Å². The molecule has 0 saturated heterocycles. The molecule has 0 atom stereocenters. The van der Waals surface area contributed by atoms with E-state index in [0.29, 0.717) is 28.4 Å². The molecule has 2 amide bonds. The molecule has 0 bridgehead atoms. The van der Waals surface area contributed by atoms with Crippen molar-refractivity contribution >= 4 is 40.1 Å². The monoisotopic (exact) mass is 446 g/mol. The minimum Gasteiger partial charge on any atom is -0.454 e. The average Bonchev–Trinajstić information content (AvgIpc) is 3.54. The molecular weight excluding hydrogens is 424 g/mol. The molecule has 0 aliphatic carbocycles. The molecule has 3 heterocycles. The Morgan fingerprint density at radius 3 is 2.56 bits per heavy atom. The second-order valence-corrected chi connectivity index (χ2v) is 8.58. The highest BCUT2D eigenvalue weighted by atomic mass is 32.1. The first-order chi connectivity index (χ1) is 15.7. The Hall–Kier alpha value is -3.58. The third-order valence-corrected chi connectivity index (χ3v) is 6.39. The number of amides is 2. The summed E-state index contributed by atoms with van der Waals surface area (Å²) in [6.07, 6.45) is 3.21. The van der Waals surface area contributed by atoms with Gasteiger partial charge in [0.1, 0.15) is 5.70 Å². The molecule has 5 rings (SSSR count). The highest BCUT2D eigenvalue weighted by molar-refractivity contribution is 7.11. The minimum absolute atomic E-state index is 0.168. The van der Waals surface area contributed by atoms with Crippen LogP contribution in [0.1, 0.15) is 30.2 Å². The highest BCUT2D eigenvalue weighted by Crippen LogP contribution is 2.38. The summed E-state index contributed by atoms with van der Waals surface area (Å²) in [5.74, 6) is 0.547. The molecular formula is C25H22N2O4S. The number of fused-ring (bicyclic) bond motifs is 1. The lowest BCUT2D eigenvalue weighted by molar-refractivity contribution is -0.120. The number of carbonyl (C=O) groups is 2. The van der Waals surface area contributed by atoms with Crippen LogP contribution in [-0.4, -0.2) is 18.6 Å². The highest BCUT2D eigenvalue weighted by Gasteiger charge is 2.40. The second-order valence-electron chi connectivity index (χ2n) is 7.64. The maximum absolute atomic E-state index is 13.5. The summed E-state index contributed by atoms with van der Waals surface area (Å²) < 4.78 is 10.8.